The van der Waals surface area contributed by atoms with Crippen molar-refractivity contribution in [3.63, 3.8) is 0 Å². The normalized spacial score (nSPS) is 11.8. The number of oxazole rings is 1. The minimum atomic E-state index is -4.14. The molecule has 9 heteroatoms. The molecule has 0 amide bonds. The van der Waals surface area contributed by atoms with Crippen molar-refractivity contribution in [3.8, 4) is 22.6 Å². The highest BCUT2D eigenvalue weighted by atomic mass is 32.2. The van der Waals surface area contributed by atoms with Crippen LogP contribution in [0.15, 0.2) is 99.1 Å². The standard InChI is InChI=1S/C32H31N3O5S/c1-4-19-38-22-35(32-23(2)24(3)34-40-32)41(36,37)30-13-9-8-12-29(30)28-17-16-27(31-33-18-20-39-31)21-26(28)15-14-25-10-6-5-7-11-25/h5-18,20-21H,4,19,22H2,1-3H3/b15-14+. The summed E-state index contributed by atoms with van der Waals surface area (Å²) in [5.74, 6) is 0.610. The third-order valence-corrected chi connectivity index (χ3v) is 8.41. The summed E-state index contributed by atoms with van der Waals surface area (Å²) in [6.07, 6.45) is 7.81. The highest BCUT2D eigenvalue weighted by Crippen LogP contribution is 2.37. The van der Waals surface area contributed by atoms with Gasteiger partial charge in [0, 0.05) is 23.3 Å². The molecule has 41 heavy (non-hydrogen) atoms. The van der Waals surface area contributed by atoms with Crippen LogP contribution >= 0.6 is 0 Å². The molecule has 0 atom stereocenters. The third kappa shape index (κ3) is 6.01. The lowest BCUT2D eigenvalue weighted by molar-refractivity contribution is 0.141. The maximum atomic E-state index is 14.3. The Morgan fingerprint density at radius 2 is 1.73 bits per heavy atom. The van der Waals surface area contributed by atoms with E-state index in [2.05, 4.69) is 10.1 Å². The maximum absolute atomic E-state index is 14.3. The molecule has 5 rings (SSSR count). The molecule has 0 saturated carbocycles. The predicted molar refractivity (Wildman–Crippen MR) is 159 cm³/mol. The van der Waals surface area contributed by atoms with Gasteiger partial charge in [-0.15, -0.1) is 0 Å². The number of nitrogens with zero attached hydrogens (tertiary/aromatic N) is 3. The van der Waals surface area contributed by atoms with Gasteiger partial charge in [0.05, 0.1) is 16.8 Å². The largest absolute Gasteiger partial charge is 0.445 e. The number of anilines is 1. The zero-order chi connectivity index (χ0) is 28.8. The third-order valence-electron chi connectivity index (χ3n) is 6.65. The van der Waals surface area contributed by atoms with E-state index in [9.17, 15) is 8.42 Å². The van der Waals surface area contributed by atoms with E-state index in [1.165, 1.54) is 6.26 Å². The van der Waals surface area contributed by atoms with Crippen LogP contribution < -0.4 is 4.31 Å². The fourth-order valence-corrected chi connectivity index (χ4v) is 5.94. The number of ether oxygens (including phenoxy) is 1. The molecule has 0 bridgehead atoms. The van der Waals surface area contributed by atoms with Crippen LogP contribution in [-0.2, 0) is 14.8 Å². The van der Waals surface area contributed by atoms with Crippen LogP contribution in [0.25, 0.3) is 34.7 Å². The van der Waals surface area contributed by atoms with Crippen molar-refractivity contribution in [2.45, 2.75) is 32.1 Å². The Labute approximate surface area is 240 Å². The Morgan fingerprint density at radius 3 is 2.44 bits per heavy atom. The molecule has 0 unspecified atom stereocenters. The average Bonchev–Trinajstić information content (AvgIpc) is 3.65. The quantitative estimate of drug-likeness (QED) is 0.0931. The molecule has 3 aromatic carbocycles. The van der Waals surface area contributed by atoms with E-state index in [1.807, 2.05) is 73.7 Å². The smallest absolute Gasteiger partial charge is 0.269 e. The molecule has 0 spiro atoms. The second-order valence-corrected chi connectivity index (χ2v) is 11.3. The first-order chi connectivity index (χ1) is 19.9. The van der Waals surface area contributed by atoms with Crippen molar-refractivity contribution in [3.05, 3.63) is 108 Å². The van der Waals surface area contributed by atoms with E-state index < -0.39 is 10.0 Å². The lowest BCUT2D eigenvalue weighted by Gasteiger charge is -2.23. The Kier molecular flexibility index (Phi) is 8.47. The van der Waals surface area contributed by atoms with Crippen LogP contribution in [-0.4, -0.2) is 31.9 Å². The van der Waals surface area contributed by atoms with Gasteiger partial charge in [-0.2, -0.15) is 0 Å². The highest BCUT2D eigenvalue weighted by Gasteiger charge is 2.32. The number of benzene rings is 3. The lowest BCUT2D eigenvalue weighted by atomic mass is 9.96. The van der Waals surface area contributed by atoms with E-state index in [0.717, 1.165) is 33.0 Å². The number of hydrogen-bond donors (Lipinski definition) is 0. The number of sulfonamides is 1. The van der Waals surface area contributed by atoms with Crippen molar-refractivity contribution in [2.24, 2.45) is 0 Å². The summed E-state index contributed by atoms with van der Waals surface area (Å²) in [4.78, 5) is 4.40. The molecular formula is C32H31N3O5S. The first-order valence-electron chi connectivity index (χ1n) is 13.3. The van der Waals surface area contributed by atoms with Crippen LogP contribution in [0, 0.1) is 13.8 Å². The van der Waals surface area contributed by atoms with Crippen molar-refractivity contribution >= 4 is 28.1 Å². The molecule has 0 radical (unpaired) electrons. The van der Waals surface area contributed by atoms with Gasteiger partial charge in [-0.3, -0.25) is 0 Å². The summed E-state index contributed by atoms with van der Waals surface area (Å²) in [5.41, 5.74) is 5.09. The molecule has 8 nitrogen and oxygen atoms in total. The Balaban J connectivity index is 1.65. The number of hydrogen-bond acceptors (Lipinski definition) is 7. The van der Waals surface area contributed by atoms with Crippen LogP contribution in [0.2, 0.25) is 0 Å². The number of aryl methyl sites for hydroxylation is 1. The van der Waals surface area contributed by atoms with Gasteiger partial charge in [0.25, 0.3) is 10.0 Å². The maximum Gasteiger partial charge on any atom is 0.269 e. The summed E-state index contributed by atoms with van der Waals surface area (Å²) in [5, 5.41) is 3.99. The van der Waals surface area contributed by atoms with Gasteiger partial charge < -0.3 is 13.7 Å². The SMILES string of the molecule is CCCOCN(c1onc(C)c1C)S(=O)(=O)c1ccccc1-c1ccc(-c2ncco2)cc1/C=C/c1ccccc1. The Bertz CT molecular complexity index is 1740. The average molecular weight is 570 g/mol. The minimum Gasteiger partial charge on any atom is -0.445 e. The second kappa shape index (κ2) is 12.4. The summed E-state index contributed by atoms with van der Waals surface area (Å²) in [6, 6.07) is 22.5. The lowest BCUT2D eigenvalue weighted by Crippen LogP contribution is -2.34. The molecule has 2 heterocycles. The molecule has 0 aliphatic rings. The van der Waals surface area contributed by atoms with Crippen molar-refractivity contribution in [1.29, 1.82) is 0 Å². The van der Waals surface area contributed by atoms with Crippen LogP contribution in [0.1, 0.15) is 35.7 Å². The van der Waals surface area contributed by atoms with Gasteiger partial charge in [0.15, 0.2) is 0 Å². The van der Waals surface area contributed by atoms with E-state index in [1.54, 1.807) is 38.2 Å². The van der Waals surface area contributed by atoms with Gasteiger partial charge in [-0.25, -0.2) is 17.7 Å². The number of aromatic nitrogens is 2. The highest BCUT2D eigenvalue weighted by molar-refractivity contribution is 7.93. The monoisotopic (exact) mass is 569 g/mol. The molecule has 0 fully saturated rings. The molecule has 0 aliphatic heterocycles. The van der Waals surface area contributed by atoms with Gasteiger partial charge in [-0.1, -0.05) is 78.8 Å². The van der Waals surface area contributed by atoms with E-state index in [-0.39, 0.29) is 17.5 Å². The van der Waals surface area contributed by atoms with Gasteiger partial charge in [0.2, 0.25) is 11.8 Å². The van der Waals surface area contributed by atoms with E-state index >= 15 is 0 Å². The molecular weight excluding hydrogens is 538 g/mol. The molecule has 0 aliphatic carbocycles. The summed E-state index contributed by atoms with van der Waals surface area (Å²) in [6.45, 7) is 5.71. The fraction of sp³-hybridized carbons (Fsp3) is 0.188. The zero-order valence-electron chi connectivity index (χ0n) is 23.2. The zero-order valence-corrected chi connectivity index (χ0v) is 24.0. The van der Waals surface area contributed by atoms with E-state index in [4.69, 9.17) is 13.7 Å². The first kappa shape index (κ1) is 28.1. The molecule has 0 N–H and O–H groups in total. The van der Waals surface area contributed by atoms with Crippen LogP contribution in [0.4, 0.5) is 5.88 Å². The van der Waals surface area contributed by atoms with Crippen molar-refractivity contribution < 1.29 is 22.1 Å². The summed E-state index contributed by atoms with van der Waals surface area (Å²) >= 11 is 0. The van der Waals surface area contributed by atoms with Gasteiger partial charge in [0.1, 0.15) is 13.0 Å². The minimum absolute atomic E-state index is 0.117. The summed E-state index contributed by atoms with van der Waals surface area (Å²) in [7, 11) is -4.14. The summed E-state index contributed by atoms with van der Waals surface area (Å²) < 4.78 is 46.6. The van der Waals surface area contributed by atoms with E-state index in [0.29, 0.717) is 29.3 Å². The molecule has 210 valence electrons. The topological polar surface area (TPSA) is 98.7 Å². The Hall–Kier alpha value is -4.47. The Morgan fingerprint density at radius 1 is 0.951 bits per heavy atom. The fourth-order valence-electron chi connectivity index (χ4n) is 4.39. The van der Waals surface area contributed by atoms with Gasteiger partial charge >= 0.3 is 0 Å². The van der Waals surface area contributed by atoms with Crippen LogP contribution in [0.5, 0.6) is 0 Å². The molecule has 2 aromatic heterocycles. The van der Waals surface area contributed by atoms with Gasteiger partial charge in [-0.05, 0) is 55.2 Å². The predicted octanol–water partition coefficient (Wildman–Crippen LogP) is 7.36. The first-order valence-corrected chi connectivity index (χ1v) is 14.7. The molecule has 0 saturated heterocycles. The molecule has 5 aromatic rings. The van der Waals surface area contributed by atoms with Crippen molar-refractivity contribution in [2.75, 3.05) is 17.6 Å². The van der Waals surface area contributed by atoms with Crippen molar-refractivity contribution in [1.82, 2.24) is 10.1 Å². The number of rotatable bonds is 11. The van der Waals surface area contributed by atoms with Crippen LogP contribution in [0.3, 0.4) is 0 Å². The second-order valence-electron chi connectivity index (χ2n) is 9.47.